The third-order valence-corrected chi connectivity index (χ3v) is 5.36. The molecule has 0 bridgehead atoms. The molecule has 1 aromatic heterocycles. The Bertz CT molecular complexity index is 889. The Balaban J connectivity index is 1.70. The highest BCUT2D eigenvalue weighted by Crippen LogP contribution is 2.36. The number of nitrogens with one attached hydrogen (secondary N) is 1. The van der Waals surface area contributed by atoms with Gasteiger partial charge in [-0.05, 0) is 32.0 Å². The molecule has 1 N–H and O–H groups in total. The molecule has 0 radical (unpaired) electrons. The lowest BCUT2D eigenvalue weighted by atomic mass is 9.93. The third-order valence-electron chi connectivity index (χ3n) is 5.36. The molecule has 1 fully saturated rings. The largest absolute Gasteiger partial charge is 0.496 e. The fourth-order valence-corrected chi connectivity index (χ4v) is 3.73. The van der Waals surface area contributed by atoms with Gasteiger partial charge in [0.2, 0.25) is 5.95 Å². The van der Waals surface area contributed by atoms with Crippen LogP contribution in [0.3, 0.4) is 0 Å². The summed E-state index contributed by atoms with van der Waals surface area (Å²) in [6.45, 7) is 2.61. The van der Waals surface area contributed by atoms with Gasteiger partial charge in [0, 0.05) is 44.3 Å². The molecule has 0 atom stereocenters. The number of aromatic amines is 1. The minimum Gasteiger partial charge on any atom is -0.496 e. The quantitative estimate of drug-likeness (QED) is 0.761. The van der Waals surface area contributed by atoms with Crippen molar-refractivity contribution in [3.63, 3.8) is 0 Å². The Morgan fingerprint density at radius 3 is 2.24 bits per heavy atom. The van der Waals surface area contributed by atoms with Crippen LogP contribution < -0.4 is 24.7 Å². The molecule has 2 heterocycles. The van der Waals surface area contributed by atoms with E-state index >= 15 is 0 Å². The van der Waals surface area contributed by atoms with Crippen LogP contribution in [0.2, 0.25) is 0 Å². The SMILES string of the molecule is COc1cc(OC)c(OC)cc1CN1CCC(c2cc(=O)[nH]c(N(C)C)n2)CC1. The molecule has 1 saturated heterocycles. The van der Waals surface area contributed by atoms with Crippen LogP contribution in [0.5, 0.6) is 17.2 Å². The molecule has 0 unspecified atom stereocenters. The summed E-state index contributed by atoms with van der Waals surface area (Å²) in [4.78, 5) is 23.6. The molecule has 1 aliphatic rings. The highest BCUT2D eigenvalue weighted by atomic mass is 16.5. The number of likely N-dealkylation sites (tertiary alicyclic amines) is 1. The molecule has 1 aliphatic heterocycles. The first-order valence-electron chi connectivity index (χ1n) is 9.75. The van der Waals surface area contributed by atoms with Gasteiger partial charge in [0.15, 0.2) is 11.5 Å². The molecule has 2 aromatic rings. The Labute approximate surface area is 171 Å². The van der Waals surface area contributed by atoms with E-state index in [0.717, 1.165) is 49.5 Å². The van der Waals surface area contributed by atoms with Crippen molar-refractivity contribution in [3.8, 4) is 17.2 Å². The van der Waals surface area contributed by atoms with Gasteiger partial charge in [0.1, 0.15) is 5.75 Å². The number of aromatic nitrogens is 2. The number of hydrogen-bond acceptors (Lipinski definition) is 7. The molecular formula is C21H30N4O4. The topological polar surface area (TPSA) is 79.9 Å². The summed E-state index contributed by atoms with van der Waals surface area (Å²) in [6, 6.07) is 5.47. The minimum atomic E-state index is -0.101. The first-order chi connectivity index (χ1) is 13.9. The lowest BCUT2D eigenvalue weighted by Crippen LogP contribution is -2.33. The van der Waals surface area contributed by atoms with Gasteiger partial charge < -0.3 is 19.1 Å². The molecule has 0 aliphatic carbocycles. The fourth-order valence-electron chi connectivity index (χ4n) is 3.73. The van der Waals surface area contributed by atoms with Crippen LogP contribution in [0.1, 0.15) is 30.0 Å². The number of benzene rings is 1. The van der Waals surface area contributed by atoms with Gasteiger partial charge in [-0.1, -0.05) is 0 Å². The van der Waals surface area contributed by atoms with E-state index in [1.807, 2.05) is 31.1 Å². The summed E-state index contributed by atoms with van der Waals surface area (Å²) in [7, 11) is 8.67. The standard InChI is InChI=1S/C21H30N4O4/c1-24(2)21-22-16(11-20(26)23-21)14-6-8-25(9-7-14)13-15-10-18(28-4)19(29-5)12-17(15)27-3/h10-12,14H,6-9,13H2,1-5H3,(H,22,23,26). The van der Waals surface area contributed by atoms with Crippen LogP contribution in [0.4, 0.5) is 5.95 Å². The predicted octanol–water partition coefficient (Wildman–Crippen LogP) is 2.24. The van der Waals surface area contributed by atoms with Crippen molar-refractivity contribution >= 4 is 5.95 Å². The normalized spacial score (nSPS) is 15.2. The van der Waals surface area contributed by atoms with Gasteiger partial charge in [-0.15, -0.1) is 0 Å². The Hall–Kier alpha value is -2.74. The van der Waals surface area contributed by atoms with Gasteiger partial charge in [0.05, 0.1) is 27.0 Å². The zero-order valence-electron chi connectivity index (χ0n) is 17.8. The first kappa shape index (κ1) is 21.0. The van der Waals surface area contributed by atoms with E-state index in [-0.39, 0.29) is 5.56 Å². The van der Waals surface area contributed by atoms with Crippen molar-refractivity contribution in [1.82, 2.24) is 14.9 Å². The molecule has 0 spiro atoms. The van der Waals surface area contributed by atoms with Crippen molar-refractivity contribution in [2.45, 2.75) is 25.3 Å². The summed E-state index contributed by atoms with van der Waals surface area (Å²) in [5, 5.41) is 0. The summed E-state index contributed by atoms with van der Waals surface area (Å²) in [5.41, 5.74) is 1.84. The van der Waals surface area contributed by atoms with Crippen LogP contribution in [-0.4, -0.2) is 63.4 Å². The van der Waals surface area contributed by atoms with Crippen LogP contribution in [0.25, 0.3) is 0 Å². The van der Waals surface area contributed by atoms with E-state index in [4.69, 9.17) is 14.2 Å². The van der Waals surface area contributed by atoms with E-state index in [9.17, 15) is 4.79 Å². The monoisotopic (exact) mass is 402 g/mol. The number of rotatable bonds is 7. The van der Waals surface area contributed by atoms with Crippen molar-refractivity contribution < 1.29 is 14.2 Å². The zero-order valence-corrected chi connectivity index (χ0v) is 17.8. The first-order valence-corrected chi connectivity index (χ1v) is 9.75. The number of nitrogens with zero attached hydrogens (tertiary/aromatic N) is 3. The number of anilines is 1. The minimum absolute atomic E-state index is 0.101. The molecule has 29 heavy (non-hydrogen) atoms. The van der Waals surface area contributed by atoms with Gasteiger partial charge in [-0.25, -0.2) is 4.98 Å². The van der Waals surface area contributed by atoms with Crippen LogP contribution in [0, 0.1) is 0 Å². The summed E-state index contributed by atoms with van der Waals surface area (Å²) in [5.74, 6) is 3.03. The van der Waals surface area contributed by atoms with Crippen molar-refractivity contribution in [1.29, 1.82) is 0 Å². The van der Waals surface area contributed by atoms with Crippen LogP contribution in [-0.2, 0) is 6.54 Å². The molecule has 3 rings (SSSR count). The summed E-state index contributed by atoms with van der Waals surface area (Å²) in [6.07, 6.45) is 1.91. The lowest BCUT2D eigenvalue weighted by molar-refractivity contribution is 0.200. The number of ether oxygens (including phenoxy) is 3. The van der Waals surface area contributed by atoms with E-state index in [1.165, 1.54) is 0 Å². The highest BCUT2D eigenvalue weighted by Gasteiger charge is 2.24. The van der Waals surface area contributed by atoms with Crippen LogP contribution in [0.15, 0.2) is 23.0 Å². The second-order valence-electron chi connectivity index (χ2n) is 7.46. The zero-order chi connectivity index (χ0) is 21.0. The molecule has 158 valence electrons. The number of methoxy groups -OCH3 is 3. The van der Waals surface area contributed by atoms with Gasteiger partial charge in [0.25, 0.3) is 5.56 Å². The fraction of sp³-hybridized carbons (Fsp3) is 0.524. The average molecular weight is 402 g/mol. The molecule has 0 saturated carbocycles. The Morgan fingerprint density at radius 2 is 1.66 bits per heavy atom. The lowest BCUT2D eigenvalue weighted by Gasteiger charge is -2.32. The average Bonchev–Trinajstić information content (AvgIpc) is 2.73. The Kier molecular flexibility index (Phi) is 6.64. The van der Waals surface area contributed by atoms with E-state index in [0.29, 0.717) is 23.4 Å². The number of H-pyrrole nitrogens is 1. The van der Waals surface area contributed by atoms with Gasteiger partial charge in [-0.3, -0.25) is 14.7 Å². The van der Waals surface area contributed by atoms with Gasteiger partial charge in [-0.2, -0.15) is 0 Å². The van der Waals surface area contributed by atoms with Crippen molar-refractivity contribution in [2.75, 3.05) is 53.4 Å². The second-order valence-corrected chi connectivity index (χ2v) is 7.46. The molecule has 8 nitrogen and oxygen atoms in total. The van der Waals surface area contributed by atoms with E-state index < -0.39 is 0 Å². The second kappa shape index (κ2) is 9.17. The number of hydrogen-bond donors (Lipinski definition) is 1. The Morgan fingerprint density at radius 1 is 1.03 bits per heavy atom. The summed E-state index contributed by atoms with van der Waals surface area (Å²) >= 11 is 0. The van der Waals surface area contributed by atoms with Crippen LogP contribution >= 0.6 is 0 Å². The molecular weight excluding hydrogens is 372 g/mol. The molecule has 8 heteroatoms. The van der Waals surface area contributed by atoms with E-state index in [1.54, 1.807) is 27.4 Å². The third kappa shape index (κ3) is 4.82. The summed E-state index contributed by atoms with van der Waals surface area (Å²) < 4.78 is 16.4. The van der Waals surface area contributed by atoms with Crippen molar-refractivity contribution in [3.05, 3.63) is 39.8 Å². The maximum Gasteiger partial charge on any atom is 0.252 e. The predicted molar refractivity (Wildman–Crippen MR) is 113 cm³/mol. The highest BCUT2D eigenvalue weighted by molar-refractivity contribution is 5.50. The maximum atomic E-state index is 12.0. The maximum absolute atomic E-state index is 12.0. The number of piperidine rings is 1. The molecule has 0 amide bonds. The van der Waals surface area contributed by atoms with Crippen molar-refractivity contribution in [2.24, 2.45) is 0 Å². The van der Waals surface area contributed by atoms with E-state index in [2.05, 4.69) is 14.9 Å². The molecule has 1 aromatic carbocycles. The van der Waals surface area contributed by atoms with Gasteiger partial charge >= 0.3 is 0 Å². The smallest absolute Gasteiger partial charge is 0.252 e.